The van der Waals surface area contributed by atoms with Gasteiger partial charge in [0, 0.05) is 0 Å². The van der Waals surface area contributed by atoms with E-state index in [4.69, 9.17) is 14.2 Å². The summed E-state index contributed by atoms with van der Waals surface area (Å²) in [5.41, 5.74) is 5.35. The Kier molecular flexibility index (Phi) is 13.4. The van der Waals surface area contributed by atoms with Crippen molar-refractivity contribution in [2.24, 2.45) is 0 Å². The number of ether oxygens (including phenoxy) is 3. The van der Waals surface area contributed by atoms with Gasteiger partial charge in [-0.3, -0.25) is 0 Å². The SMILES string of the molecule is CCCCCCCCCc1cccc(C(OC(c2cccc(CCCCCCCCC)c2)C2CO2)C2CO2)c1. The Labute approximate surface area is 239 Å². The second-order valence-corrected chi connectivity index (χ2v) is 12.0. The van der Waals surface area contributed by atoms with Gasteiger partial charge in [0.15, 0.2) is 0 Å². The average Bonchev–Trinajstić information content (AvgIpc) is 3.88. The first-order valence-electron chi connectivity index (χ1n) is 16.3. The first-order chi connectivity index (χ1) is 19.3. The average molecular weight is 535 g/mol. The second kappa shape index (κ2) is 17.2. The van der Waals surface area contributed by atoms with Crippen LogP contribution in [0.3, 0.4) is 0 Å². The Hall–Kier alpha value is -1.68. The van der Waals surface area contributed by atoms with Crippen LogP contribution in [-0.2, 0) is 27.1 Å². The van der Waals surface area contributed by atoms with E-state index in [0.29, 0.717) is 0 Å². The minimum absolute atomic E-state index is 0.0417. The molecule has 2 heterocycles. The van der Waals surface area contributed by atoms with Gasteiger partial charge in [-0.25, -0.2) is 0 Å². The highest BCUT2D eigenvalue weighted by atomic mass is 16.6. The molecule has 4 atom stereocenters. The smallest absolute Gasteiger partial charge is 0.112 e. The fourth-order valence-electron chi connectivity index (χ4n) is 5.80. The van der Waals surface area contributed by atoms with Gasteiger partial charge in [-0.05, 0) is 47.9 Å². The maximum atomic E-state index is 6.89. The normalized spacial score (nSPS) is 19.6. The number of rotatable bonds is 22. The number of unbranched alkanes of at least 4 members (excludes halogenated alkanes) is 12. The summed E-state index contributed by atoms with van der Waals surface area (Å²) in [6, 6.07) is 18.1. The minimum Gasteiger partial charge on any atom is -0.370 e. The molecule has 0 amide bonds. The van der Waals surface area contributed by atoms with E-state index in [1.54, 1.807) is 0 Å². The van der Waals surface area contributed by atoms with E-state index < -0.39 is 0 Å². The molecular weight excluding hydrogens is 480 g/mol. The third-order valence-corrected chi connectivity index (χ3v) is 8.38. The number of hydrogen-bond donors (Lipinski definition) is 0. The molecule has 3 heteroatoms. The summed E-state index contributed by atoms with van der Waals surface area (Å²) in [7, 11) is 0. The summed E-state index contributed by atoms with van der Waals surface area (Å²) < 4.78 is 18.5. The van der Waals surface area contributed by atoms with Crippen molar-refractivity contribution in [2.45, 2.75) is 141 Å². The quantitative estimate of drug-likeness (QED) is 0.111. The summed E-state index contributed by atoms with van der Waals surface area (Å²) in [5, 5.41) is 0. The van der Waals surface area contributed by atoms with E-state index in [9.17, 15) is 0 Å². The highest BCUT2D eigenvalue weighted by molar-refractivity contribution is 5.29. The largest absolute Gasteiger partial charge is 0.370 e. The summed E-state index contributed by atoms with van der Waals surface area (Å²) in [6.45, 7) is 6.13. The zero-order chi connectivity index (χ0) is 27.1. The molecule has 3 nitrogen and oxygen atoms in total. The van der Waals surface area contributed by atoms with Gasteiger partial charge in [-0.2, -0.15) is 0 Å². The lowest BCUT2D eigenvalue weighted by molar-refractivity contribution is -0.0419. The highest BCUT2D eigenvalue weighted by Crippen LogP contribution is 2.40. The molecule has 4 unspecified atom stereocenters. The number of aryl methyl sites for hydroxylation is 2. The number of benzene rings is 2. The topological polar surface area (TPSA) is 34.3 Å². The lowest BCUT2D eigenvalue weighted by Gasteiger charge is -2.24. The lowest BCUT2D eigenvalue weighted by atomic mass is 9.98. The summed E-state index contributed by atoms with van der Waals surface area (Å²) >= 11 is 0. The lowest BCUT2D eigenvalue weighted by Crippen LogP contribution is -2.19. The van der Waals surface area contributed by atoms with Gasteiger partial charge in [-0.1, -0.05) is 139 Å². The van der Waals surface area contributed by atoms with E-state index in [1.165, 1.54) is 112 Å². The molecule has 2 aromatic rings. The highest BCUT2D eigenvalue weighted by Gasteiger charge is 2.42. The predicted molar refractivity (Wildman–Crippen MR) is 162 cm³/mol. The van der Waals surface area contributed by atoms with Gasteiger partial charge in [0.25, 0.3) is 0 Å². The molecule has 216 valence electrons. The predicted octanol–water partition coefficient (Wildman–Crippen LogP) is 9.87. The molecule has 0 aromatic heterocycles. The van der Waals surface area contributed by atoms with Crippen molar-refractivity contribution in [1.82, 2.24) is 0 Å². The van der Waals surface area contributed by atoms with Crippen LogP contribution in [0.15, 0.2) is 48.5 Å². The first-order valence-corrected chi connectivity index (χ1v) is 16.3. The van der Waals surface area contributed by atoms with Crippen LogP contribution in [0.2, 0.25) is 0 Å². The van der Waals surface area contributed by atoms with Gasteiger partial charge in [0.05, 0.1) is 13.2 Å². The van der Waals surface area contributed by atoms with Gasteiger partial charge >= 0.3 is 0 Å². The fourth-order valence-corrected chi connectivity index (χ4v) is 5.80. The van der Waals surface area contributed by atoms with E-state index in [2.05, 4.69) is 62.4 Å². The van der Waals surface area contributed by atoms with Crippen LogP contribution in [-0.4, -0.2) is 25.4 Å². The van der Waals surface area contributed by atoms with Crippen molar-refractivity contribution >= 4 is 0 Å². The van der Waals surface area contributed by atoms with Crippen LogP contribution in [0.1, 0.15) is 138 Å². The summed E-state index contributed by atoms with van der Waals surface area (Å²) in [4.78, 5) is 0. The maximum Gasteiger partial charge on any atom is 0.112 e. The zero-order valence-electron chi connectivity index (χ0n) is 24.9. The number of hydrogen-bond acceptors (Lipinski definition) is 3. The molecule has 0 radical (unpaired) electrons. The van der Waals surface area contributed by atoms with Crippen LogP contribution in [0.25, 0.3) is 0 Å². The van der Waals surface area contributed by atoms with Crippen LogP contribution in [0.5, 0.6) is 0 Å². The Morgan fingerprint density at radius 3 is 1.36 bits per heavy atom. The van der Waals surface area contributed by atoms with Crippen molar-refractivity contribution in [2.75, 3.05) is 13.2 Å². The van der Waals surface area contributed by atoms with Crippen LogP contribution >= 0.6 is 0 Å². The summed E-state index contributed by atoms with van der Waals surface area (Å²) in [6.07, 6.45) is 21.4. The molecule has 0 saturated carbocycles. The molecule has 2 aliphatic rings. The van der Waals surface area contributed by atoms with Crippen molar-refractivity contribution in [3.05, 3.63) is 70.8 Å². The van der Waals surface area contributed by atoms with E-state index in [-0.39, 0.29) is 24.4 Å². The van der Waals surface area contributed by atoms with Crippen molar-refractivity contribution in [1.29, 1.82) is 0 Å². The monoisotopic (exact) mass is 534 g/mol. The van der Waals surface area contributed by atoms with Gasteiger partial charge in [-0.15, -0.1) is 0 Å². The molecule has 39 heavy (non-hydrogen) atoms. The molecule has 0 aliphatic carbocycles. The third kappa shape index (κ3) is 11.0. The van der Waals surface area contributed by atoms with Crippen molar-refractivity contribution in [3.63, 3.8) is 0 Å². The molecular formula is C36H54O3. The second-order valence-electron chi connectivity index (χ2n) is 12.0. The first kappa shape index (κ1) is 30.3. The fraction of sp³-hybridized carbons (Fsp3) is 0.667. The van der Waals surface area contributed by atoms with Crippen LogP contribution in [0, 0.1) is 0 Å². The van der Waals surface area contributed by atoms with Gasteiger partial charge in [0.2, 0.25) is 0 Å². The molecule has 0 spiro atoms. The third-order valence-electron chi connectivity index (χ3n) is 8.38. The Morgan fingerprint density at radius 1 is 0.590 bits per heavy atom. The molecule has 2 aliphatic heterocycles. The molecule has 2 aromatic carbocycles. The minimum atomic E-state index is -0.0417. The summed E-state index contributed by atoms with van der Waals surface area (Å²) in [5.74, 6) is 0. The Bertz CT molecular complexity index is 857. The van der Waals surface area contributed by atoms with Crippen LogP contribution in [0.4, 0.5) is 0 Å². The Balaban J connectivity index is 1.31. The molecule has 2 saturated heterocycles. The molecule has 0 bridgehead atoms. The van der Waals surface area contributed by atoms with Crippen LogP contribution < -0.4 is 0 Å². The maximum absolute atomic E-state index is 6.89. The molecule has 2 fully saturated rings. The zero-order valence-corrected chi connectivity index (χ0v) is 24.9. The van der Waals surface area contributed by atoms with E-state index >= 15 is 0 Å². The van der Waals surface area contributed by atoms with Crippen molar-refractivity contribution < 1.29 is 14.2 Å². The Morgan fingerprint density at radius 2 is 0.974 bits per heavy atom. The number of epoxide rings is 2. The van der Waals surface area contributed by atoms with E-state index in [1.807, 2.05) is 0 Å². The van der Waals surface area contributed by atoms with Crippen molar-refractivity contribution in [3.8, 4) is 0 Å². The molecule has 4 rings (SSSR count). The standard InChI is InChI=1S/C36H54O3/c1-3-5-7-9-11-13-15-19-29-21-17-23-31(25-29)35(33-27-37-33)39-36(34-28-38-34)32-24-18-22-30(26-32)20-16-14-12-10-8-6-4-2/h17-18,21-26,33-36H,3-16,19-20,27-28H2,1-2H3. The molecule has 0 N–H and O–H groups in total. The van der Waals surface area contributed by atoms with Gasteiger partial charge in [0.1, 0.15) is 24.4 Å². The van der Waals surface area contributed by atoms with E-state index in [0.717, 1.165) is 26.1 Å². The van der Waals surface area contributed by atoms with Gasteiger partial charge < -0.3 is 14.2 Å².